The molecule has 19 heavy (non-hydrogen) atoms. The molecule has 0 bridgehead atoms. The first-order valence-electron chi connectivity index (χ1n) is 6.01. The minimum atomic E-state index is -0.966. The molecule has 0 aliphatic heterocycles. The standard InChI is InChI=1S/C13H16N4O2/c1-9-8-11(12(13(18)19)10(2)16-9)14-5-7-17-6-3-4-15-17/h3-4,6,8H,5,7H2,1-2H3,(H,14,16)(H,18,19). The lowest BCUT2D eigenvalue weighted by Crippen LogP contribution is -2.15. The highest BCUT2D eigenvalue weighted by Gasteiger charge is 2.14. The lowest BCUT2D eigenvalue weighted by Gasteiger charge is -2.12. The molecule has 100 valence electrons. The van der Waals surface area contributed by atoms with Gasteiger partial charge in [0.2, 0.25) is 0 Å². The van der Waals surface area contributed by atoms with E-state index >= 15 is 0 Å². The van der Waals surface area contributed by atoms with Gasteiger partial charge in [-0.05, 0) is 26.0 Å². The molecule has 0 aliphatic carbocycles. The first-order chi connectivity index (χ1) is 9.08. The molecule has 2 aromatic heterocycles. The van der Waals surface area contributed by atoms with Gasteiger partial charge in [0.25, 0.3) is 0 Å². The van der Waals surface area contributed by atoms with E-state index < -0.39 is 5.97 Å². The summed E-state index contributed by atoms with van der Waals surface area (Å²) in [6.07, 6.45) is 3.58. The summed E-state index contributed by atoms with van der Waals surface area (Å²) in [5.41, 5.74) is 2.15. The number of hydrogen-bond acceptors (Lipinski definition) is 4. The molecule has 2 rings (SSSR count). The van der Waals surface area contributed by atoms with E-state index in [0.717, 1.165) is 5.69 Å². The second kappa shape index (κ2) is 5.51. The van der Waals surface area contributed by atoms with Gasteiger partial charge in [0, 0.05) is 24.6 Å². The molecular weight excluding hydrogens is 244 g/mol. The number of nitrogens with zero attached hydrogens (tertiary/aromatic N) is 3. The van der Waals surface area contributed by atoms with Gasteiger partial charge in [-0.3, -0.25) is 9.67 Å². The predicted molar refractivity (Wildman–Crippen MR) is 71.4 cm³/mol. The lowest BCUT2D eigenvalue weighted by molar-refractivity contribution is 0.0696. The maximum absolute atomic E-state index is 11.2. The fourth-order valence-electron chi connectivity index (χ4n) is 1.98. The molecule has 0 radical (unpaired) electrons. The van der Waals surface area contributed by atoms with Crippen molar-refractivity contribution in [3.05, 3.63) is 41.5 Å². The third-order valence-corrected chi connectivity index (χ3v) is 2.76. The molecular formula is C13H16N4O2. The number of aromatic nitrogens is 3. The van der Waals surface area contributed by atoms with E-state index in [1.54, 1.807) is 23.9 Å². The van der Waals surface area contributed by atoms with Crippen LogP contribution in [0.2, 0.25) is 0 Å². The Labute approximate surface area is 111 Å². The third-order valence-electron chi connectivity index (χ3n) is 2.76. The first kappa shape index (κ1) is 13.1. The van der Waals surface area contributed by atoms with Gasteiger partial charge in [-0.15, -0.1) is 0 Å². The van der Waals surface area contributed by atoms with Gasteiger partial charge in [0.15, 0.2) is 0 Å². The van der Waals surface area contributed by atoms with Crippen molar-refractivity contribution in [2.24, 2.45) is 0 Å². The van der Waals surface area contributed by atoms with Crippen LogP contribution < -0.4 is 5.32 Å². The average Bonchev–Trinajstić information content (AvgIpc) is 2.80. The fourth-order valence-corrected chi connectivity index (χ4v) is 1.98. The molecule has 0 atom stereocenters. The highest BCUT2D eigenvalue weighted by molar-refractivity contribution is 5.95. The first-order valence-corrected chi connectivity index (χ1v) is 6.01. The summed E-state index contributed by atoms with van der Waals surface area (Å²) in [6.45, 7) is 4.82. The van der Waals surface area contributed by atoms with E-state index in [-0.39, 0.29) is 5.56 Å². The maximum Gasteiger partial charge on any atom is 0.339 e. The SMILES string of the molecule is Cc1cc(NCCn2cccn2)c(C(=O)O)c(C)n1. The largest absolute Gasteiger partial charge is 0.478 e. The van der Waals surface area contributed by atoms with E-state index in [9.17, 15) is 9.90 Å². The zero-order chi connectivity index (χ0) is 13.8. The number of anilines is 1. The zero-order valence-electron chi connectivity index (χ0n) is 10.9. The number of carboxylic acid groups (broad SMARTS) is 1. The Morgan fingerprint density at radius 2 is 2.26 bits per heavy atom. The van der Waals surface area contributed by atoms with Gasteiger partial charge in [0.1, 0.15) is 5.56 Å². The van der Waals surface area contributed by atoms with Gasteiger partial charge in [-0.1, -0.05) is 0 Å². The molecule has 0 aromatic carbocycles. The number of aromatic carboxylic acids is 1. The van der Waals surface area contributed by atoms with Crippen molar-refractivity contribution >= 4 is 11.7 Å². The number of carboxylic acids is 1. The van der Waals surface area contributed by atoms with Crippen molar-refractivity contribution in [1.82, 2.24) is 14.8 Å². The number of nitrogens with one attached hydrogen (secondary N) is 1. The molecule has 0 aliphatic rings. The van der Waals surface area contributed by atoms with E-state index in [1.165, 1.54) is 0 Å². The molecule has 0 unspecified atom stereocenters. The quantitative estimate of drug-likeness (QED) is 0.855. The Balaban J connectivity index is 2.12. The molecule has 0 fully saturated rings. The van der Waals surface area contributed by atoms with Gasteiger partial charge in [0.05, 0.1) is 17.9 Å². The topological polar surface area (TPSA) is 80.0 Å². The fraction of sp³-hybridized carbons (Fsp3) is 0.308. The van der Waals surface area contributed by atoms with Crippen LogP contribution in [0.1, 0.15) is 21.7 Å². The smallest absolute Gasteiger partial charge is 0.339 e. The second-order valence-corrected chi connectivity index (χ2v) is 4.27. The van der Waals surface area contributed by atoms with Crippen molar-refractivity contribution in [3.8, 4) is 0 Å². The minimum absolute atomic E-state index is 0.228. The molecule has 6 heteroatoms. The van der Waals surface area contributed by atoms with Crippen molar-refractivity contribution in [2.75, 3.05) is 11.9 Å². The van der Waals surface area contributed by atoms with E-state index in [2.05, 4.69) is 15.4 Å². The number of aryl methyl sites for hydroxylation is 2. The van der Waals surface area contributed by atoms with Crippen LogP contribution >= 0.6 is 0 Å². The van der Waals surface area contributed by atoms with E-state index in [1.807, 2.05) is 19.2 Å². The molecule has 0 amide bonds. The van der Waals surface area contributed by atoms with Crippen LogP contribution in [-0.2, 0) is 6.54 Å². The molecule has 6 nitrogen and oxygen atoms in total. The summed E-state index contributed by atoms with van der Waals surface area (Å²) >= 11 is 0. The highest BCUT2D eigenvalue weighted by Crippen LogP contribution is 2.19. The predicted octanol–water partition coefficient (Wildman–Crippen LogP) is 1.71. The van der Waals surface area contributed by atoms with Crippen LogP contribution in [0.4, 0.5) is 5.69 Å². The number of rotatable bonds is 5. The molecule has 2 N–H and O–H groups in total. The zero-order valence-corrected chi connectivity index (χ0v) is 10.9. The summed E-state index contributed by atoms with van der Waals surface area (Å²) in [5.74, 6) is -0.966. The van der Waals surface area contributed by atoms with Crippen molar-refractivity contribution in [1.29, 1.82) is 0 Å². The normalized spacial score (nSPS) is 10.4. The van der Waals surface area contributed by atoms with Crippen LogP contribution in [0.25, 0.3) is 0 Å². The van der Waals surface area contributed by atoms with E-state index in [4.69, 9.17) is 0 Å². The minimum Gasteiger partial charge on any atom is -0.478 e. The van der Waals surface area contributed by atoms with Crippen molar-refractivity contribution < 1.29 is 9.90 Å². The summed E-state index contributed by atoms with van der Waals surface area (Å²) in [4.78, 5) is 15.4. The highest BCUT2D eigenvalue weighted by atomic mass is 16.4. The van der Waals surface area contributed by atoms with Crippen molar-refractivity contribution in [2.45, 2.75) is 20.4 Å². The second-order valence-electron chi connectivity index (χ2n) is 4.27. The summed E-state index contributed by atoms with van der Waals surface area (Å²) in [7, 11) is 0. The van der Waals surface area contributed by atoms with Crippen LogP contribution in [0.15, 0.2) is 24.5 Å². The Kier molecular flexibility index (Phi) is 3.79. The van der Waals surface area contributed by atoms with Gasteiger partial charge in [-0.25, -0.2) is 4.79 Å². The number of pyridine rings is 1. The third kappa shape index (κ3) is 3.09. The summed E-state index contributed by atoms with van der Waals surface area (Å²) < 4.78 is 1.79. The summed E-state index contributed by atoms with van der Waals surface area (Å²) in [6, 6.07) is 3.60. The Morgan fingerprint density at radius 1 is 1.47 bits per heavy atom. The number of hydrogen-bond donors (Lipinski definition) is 2. The van der Waals surface area contributed by atoms with Crippen LogP contribution in [0.3, 0.4) is 0 Å². The van der Waals surface area contributed by atoms with Crippen LogP contribution in [-0.4, -0.2) is 32.4 Å². The van der Waals surface area contributed by atoms with Crippen LogP contribution in [0, 0.1) is 13.8 Å². The summed E-state index contributed by atoms with van der Waals surface area (Å²) in [5, 5.41) is 16.4. The molecule has 0 saturated heterocycles. The Morgan fingerprint density at radius 3 is 2.89 bits per heavy atom. The molecule has 0 saturated carbocycles. The van der Waals surface area contributed by atoms with Gasteiger partial charge in [-0.2, -0.15) is 5.10 Å². The van der Waals surface area contributed by atoms with Gasteiger partial charge >= 0.3 is 5.97 Å². The molecule has 2 heterocycles. The molecule has 0 spiro atoms. The average molecular weight is 260 g/mol. The van der Waals surface area contributed by atoms with Gasteiger partial charge < -0.3 is 10.4 Å². The monoisotopic (exact) mass is 260 g/mol. The van der Waals surface area contributed by atoms with E-state index in [0.29, 0.717) is 24.5 Å². The number of carbonyl (C=O) groups is 1. The maximum atomic E-state index is 11.2. The lowest BCUT2D eigenvalue weighted by atomic mass is 10.1. The molecule has 2 aromatic rings. The Hall–Kier alpha value is -2.37. The van der Waals surface area contributed by atoms with Crippen molar-refractivity contribution in [3.63, 3.8) is 0 Å². The van der Waals surface area contributed by atoms with Crippen LogP contribution in [0.5, 0.6) is 0 Å². The Bertz CT molecular complexity index is 579.